The zero-order valence-electron chi connectivity index (χ0n) is 11.3. The van der Waals surface area contributed by atoms with Gasteiger partial charge in [-0.3, -0.25) is 4.79 Å². The van der Waals surface area contributed by atoms with Gasteiger partial charge >= 0.3 is 0 Å². The van der Waals surface area contributed by atoms with Crippen molar-refractivity contribution in [1.82, 2.24) is 0 Å². The summed E-state index contributed by atoms with van der Waals surface area (Å²) in [5.74, 6) is 0.702. The van der Waals surface area contributed by atoms with Crippen molar-refractivity contribution < 1.29 is 9.18 Å². The first-order valence-corrected chi connectivity index (χ1v) is 7.44. The van der Waals surface area contributed by atoms with Gasteiger partial charge in [-0.1, -0.05) is 31.0 Å². The Morgan fingerprint density at radius 1 is 1.32 bits per heavy atom. The Morgan fingerprint density at radius 2 is 2.00 bits per heavy atom. The number of carbonyl (C=O) groups excluding carboxylic acids is 1. The van der Waals surface area contributed by atoms with Crippen LogP contribution in [0.25, 0.3) is 0 Å². The molecule has 0 aliphatic heterocycles. The molecule has 1 saturated carbocycles. The number of Topliss-reactive ketones (excluding diaryl/α,β-unsaturated/α-hetero) is 1. The first-order chi connectivity index (χ1) is 9.10. The molecule has 0 heterocycles. The van der Waals surface area contributed by atoms with Gasteiger partial charge in [-0.2, -0.15) is 0 Å². The Bertz CT molecular complexity index is 450. The van der Waals surface area contributed by atoms with Gasteiger partial charge in [0.15, 0.2) is 0 Å². The average Bonchev–Trinajstić information content (AvgIpc) is 2.42. The maximum Gasteiger partial charge on any atom is 0.140 e. The SMILES string of the molecule is CCC1CCC(C(=O)Cc2ccc(Cl)cc2F)CC1. The summed E-state index contributed by atoms with van der Waals surface area (Å²) in [4.78, 5) is 12.2. The van der Waals surface area contributed by atoms with Crippen molar-refractivity contribution in [2.75, 3.05) is 0 Å². The molecule has 1 aliphatic rings. The van der Waals surface area contributed by atoms with Crippen molar-refractivity contribution in [3.8, 4) is 0 Å². The highest BCUT2D eigenvalue weighted by atomic mass is 35.5. The van der Waals surface area contributed by atoms with E-state index in [9.17, 15) is 9.18 Å². The first-order valence-electron chi connectivity index (χ1n) is 7.06. The molecular formula is C16H20ClFO. The summed E-state index contributed by atoms with van der Waals surface area (Å²) in [5.41, 5.74) is 0.465. The summed E-state index contributed by atoms with van der Waals surface area (Å²) in [6, 6.07) is 4.53. The number of ketones is 1. The minimum Gasteiger partial charge on any atom is -0.299 e. The third-order valence-corrected chi connectivity index (χ3v) is 4.49. The van der Waals surface area contributed by atoms with Crippen molar-refractivity contribution in [3.63, 3.8) is 0 Å². The maximum atomic E-state index is 13.7. The van der Waals surface area contributed by atoms with Gasteiger partial charge in [0.1, 0.15) is 11.6 Å². The summed E-state index contributed by atoms with van der Waals surface area (Å²) in [6.07, 6.45) is 5.60. The molecule has 1 aliphatic carbocycles. The van der Waals surface area contributed by atoms with Crippen molar-refractivity contribution in [1.29, 1.82) is 0 Å². The van der Waals surface area contributed by atoms with Crippen LogP contribution in [-0.4, -0.2) is 5.78 Å². The van der Waals surface area contributed by atoms with Gasteiger partial charge in [-0.25, -0.2) is 4.39 Å². The third-order valence-electron chi connectivity index (χ3n) is 4.26. The number of rotatable bonds is 4. The van der Waals surface area contributed by atoms with E-state index in [1.165, 1.54) is 12.5 Å². The molecule has 0 saturated heterocycles. The molecule has 1 aromatic rings. The Labute approximate surface area is 119 Å². The molecule has 0 amide bonds. The van der Waals surface area contributed by atoms with Gasteiger partial charge in [0.25, 0.3) is 0 Å². The van der Waals surface area contributed by atoms with Gasteiger partial charge in [-0.15, -0.1) is 0 Å². The van der Waals surface area contributed by atoms with Gasteiger partial charge < -0.3 is 0 Å². The Hall–Kier alpha value is -0.890. The van der Waals surface area contributed by atoms with Gasteiger partial charge in [0.2, 0.25) is 0 Å². The summed E-state index contributed by atoms with van der Waals surface area (Å²) in [5, 5.41) is 0.372. The lowest BCUT2D eigenvalue weighted by molar-refractivity contribution is -0.123. The van der Waals surface area contributed by atoms with E-state index in [1.807, 2.05) is 0 Å². The van der Waals surface area contributed by atoms with Crippen LogP contribution in [-0.2, 0) is 11.2 Å². The quantitative estimate of drug-likeness (QED) is 0.775. The standard InChI is InChI=1S/C16H20ClFO/c1-2-11-3-5-12(6-4-11)16(19)9-13-7-8-14(17)10-15(13)18/h7-8,10-12H,2-6,9H2,1H3. The van der Waals surface area contributed by atoms with E-state index in [-0.39, 0.29) is 23.9 Å². The Morgan fingerprint density at radius 3 is 2.58 bits per heavy atom. The van der Waals surface area contributed by atoms with Crippen molar-refractivity contribution in [2.24, 2.45) is 11.8 Å². The van der Waals surface area contributed by atoms with E-state index in [0.29, 0.717) is 10.6 Å². The minimum absolute atomic E-state index is 0.123. The van der Waals surface area contributed by atoms with E-state index in [2.05, 4.69) is 6.92 Å². The van der Waals surface area contributed by atoms with Crippen LogP contribution in [0.4, 0.5) is 4.39 Å². The molecule has 0 spiro atoms. The first kappa shape index (κ1) is 14.5. The molecule has 0 atom stereocenters. The normalized spacial score (nSPS) is 23.3. The number of benzene rings is 1. The lowest BCUT2D eigenvalue weighted by Crippen LogP contribution is -2.23. The molecule has 0 N–H and O–H groups in total. The molecule has 1 aromatic carbocycles. The number of hydrogen-bond acceptors (Lipinski definition) is 1. The lowest BCUT2D eigenvalue weighted by Gasteiger charge is -2.26. The largest absolute Gasteiger partial charge is 0.299 e. The minimum atomic E-state index is -0.372. The van der Waals surface area contributed by atoms with E-state index in [1.54, 1.807) is 12.1 Å². The molecule has 2 rings (SSSR count). The molecule has 104 valence electrons. The highest BCUT2D eigenvalue weighted by Crippen LogP contribution is 2.31. The van der Waals surface area contributed by atoms with Crippen LogP contribution in [0, 0.1) is 17.7 Å². The second-order valence-electron chi connectivity index (χ2n) is 5.50. The van der Waals surface area contributed by atoms with E-state index < -0.39 is 0 Å². The van der Waals surface area contributed by atoms with Crippen LogP contribution in [0.5, 0.6) is 0 Å². The zero-order valence-corrected chi connectivity index (χ0v) is 12.0. The van der Waals surface area contributed by atoms with Crippen molar-refractivity contribution >= 4 is 17.4 Å². The summed E-state index contributed by atoms with van der Waals surface area (Å²) >= 11 is 5.71. The zero-order chi connectivity index (χ0) is 13.8. The molecule has 1 nitrogen and oxygen atoms in total. The number of halogens is 2. The smallest absolute Gasteiger partial charge is 0.140 e. The molecule has 19 heavy (non-hydrogen) atoms. The summed E-state index contributed by atoms with van der Waals surface area (Å²) in [7, 11) is 0. The second kappa shape index (κ2) is 6.51. The van der Waals surface area contributed by atoms with Crippen LogP contribution in [0.15, 0.2) is 18.2 Å². The van der Waals surface area contributed by atoms with E-state index >= 15 is 0 Å². The van der Waals surface area contributed by atoms with E-state index in [0.717, 1.165) is 31.6 Å². The topological polar surface area (TPSA) is 17.1 Å². The van der Waals surface area contributed by atoms with Gasteiger partial charge in [-0.05, 0) is 49.3 Å². The number of hydrogen-bond donors (Lipinski definition) is 0. The van der Waals surface area contributed by atoms with Crippen LogP contribution in [0.2, 0.25) is 5.02 Å². The molecule has 1 fully saturated rings. The lowest BCUT2D eigenvalue weighted by atomic mass is 9.78. The summed E-state index contributed by atoms with van der Waals surface area (Å²) < 4.78 is 13.7. The maximum absolute atomic E-state index is 13.7. The molecule has 0 aromatic heterocycles. The second-order valence-corrected chi connectivity index (χ2v) is 5.94. The highest BCUT2D eigenvalue weighted by Gasteiger charge is 2.25. The van der Waals surface area contributed by atoms with Crippen LogP contribution < -0.4 is 0 Å². The molecule has 3 heteroatoms. The fourth-order valence-electron chi connectivity index (χ4n) is 2.89. The molecule has 0 unspecified atom stereocenters. The predicted molar refractivity (Wildman–Crippen MR) is 75.9 cm³/mol. The van der Waals surface area contributed by atoms with Gasteiger partial charge in [0, 0.05) is 17.4 Å². The van der Waals surface area contributed by atoms with E-state index in [4.69, 9.17) is 11.6 Å². The van der Waals surface area contributed by atoms with Crippen LogP contribution >= 0.6 is 11.6 Å². The molecule has 0 bridgehead atoms. The Kier molecular flexibility index (Phi) is 4.98. The average molecular weight is 283 g/mol. The molecule has 0 radical (unpaired) electrons. The Balaban J connectivity index is 1.94. The van der Waals surface area contributed by atoms with Crippen LogP contribution in [0.3, 0.4) is 0 Å². The number of carbonyl (C=O) groups is 1. The van der Waals surface area contributed by atoms with Crippen LogP contribution in [0.1, 0.15) is 44.6 Å². The van der Waals surface area contributed by atoms with Crippen molar-refractivity contribution in [2.45, 2.75) is 45.4 Å². The monoisotopic (exact) mass is 282 g/mol. The van der Waals surface area contributed by atoms with Crippen molar-refractivity contribution in [3.05, 3.63) is 34.6 Å². The van der Waals surface area contributed by atoms with Gasteiger partial charge in [0.05, 0.1) is 0 Å². The fourth-order valence-corrected chi connectivity index (χ4v) is 3.05. The fraction of sp³-hybridized carbons (Fsp3) is 0.562. The highest BCUT2D eigenvalue weighted by molar-refractivity contribution is 6.30. The summed E-state index contributed by atoms with van der Waals surface area (Å²) in [6.45, 7) is 2.20. The third kappa shape index (κ3) is 3.79. The molecular weight excluding hydrogens is 263 g/mol. The predicted octanol–water partition coefficient (Wildman–Crippen LogP) is 4.81.